The normalized spacial score (nSPS) is 14.5. The van der Waals surface area contributed by atoms with Crippen molar-refractivity contribution in [2.24, 2.45) is 5.73 Å². The number of allylic oxidation sites excluding steroid dienone is 32. The summed E-state index contributed by atoms with van der Waals surface area (Å²) < 4.78 is 32.9. The van der Waals surface area contributed by atoms with Crippen molar-refractivity contribution >= 4 is 19.8 Å². The van der Waals surface area contributed by atoms with Gasteiger partial charge < -0.3 is 20.1 Å². The Balaban J connectivity index is 4.20. The number of rotatable bonds is 51. The monoisotopic (exact) mass is 1080 g/mol. The Kier molecular flexibility index (Phi) is 56.1. The largest absolute Gasteiger partial charge is 0.472 e. The molecule has 10 heteroatoms. The zero-order valence-electron chi connectivity index (χ0n) is 47.6. The van der Waals surface area contributed by atoms with Crippen LogP contribution in [0, 0.1) is 0 Å². The van der Waals surface area contributed by atoms with Crippen LogP contribution in [0.2, 0.25) is 0 Å². The van der Waals surface area contributed by atoms with Gasteiger partial charge in [-0.3, -0.25) is 18.6 Å². The van der Waals surface area contributed by atoms with E-state index in [1.165, 1.54) is 0 Å². The lowest BCUT2D eigenvalue weighted by molar-refractivity contribution is -0.161. The molecule has 9 nitrogen and oxygen atoms in total. The molecule has 0 aromatic heterocycles. The molecular weight excluding hydrogens is 978 g/mol. The van der Waals surface area contributed by atoms with Crippen LogP contribution in [0.5, 0.6) is 0 Å². The fourth-order valence-corrected chi connectivity index (χ4v) is 7.56. The van der Waals surface area contributed by atoms with Gasteiger partial charge in [0.25, 0.3) is 0 Å². The molecule has 2 unspecified atom stereocenters. The van der Waals surface area contributed by atoms with Crippen molar-refractivity contribution in [3.63, 3.8) is 0 Å². The molecule has 0 aliphatic carbocycles. The van der Waals surface area contributed by atoms with Crippen LogP contribution in [-0.2, 0) is 32.7 Å². The first-order valence-electron chi connectivity index (χ1n) is 28.9. The number of phosphoric acid groups is 1. The molecule has 0 aliphatic rings. The molecule has 0 bridgehead atoms. The van der Waals surface area contributed by atoms with Gasteiger partial charge in [-0.1, -0.05) is 228 Å². The molecule has 3 N–H and O–H groups in total. The number of carbonyl (C=O) groups excluding carboxylic acids is 2. The van der Waals surface area contributed by atoms with Gasteiger partial charge in [-0.2, -0.15) is 0 Å². The highest BCUT2D eigenvalue weighted by Crippen LogP contribution is 2.43. The van der Waals surface area contributed by atoms with E-state index in [9.17, 15) is 19.0 Å². The van der Waals surface area contributed by atoms with E-state index in [1.807, 2.05) is 6.08 Å². The molecule has 428 valence electrons. The average molecular weight is 1080 g/mol. The number of esters is 2. The third kappa shape index (κ3) is 59.9. The Morgan fingerprint density at radius 1 is 0.390 bits per heavy atom. The zero-order valence-corrected chi connectivity index (χ0v) is 48.5. The molecule has 77 heavy (non-hydrogen) atoms. The van der Waals surface area contributed by atoms with Crippen LogP contribution in [0.25, 0.3) is 0 Å². The maximum absolute atomic E-state index is 12.7. The molecule has 0 spiro atoms. The van der Waals surface area contributed by atoms with Gasteiger partial charge in [0, 0.05) is 19.4 Å². The van der Waals surface area contributed by atoms with Crippen LogP contribution in [0.1, 0.15) is 181 Å². The summed E-state index contributed by atoms with van der Waals surface area (Å²) in [7, 11) is -4.42. The van der Waals surface area contributed by atoms with Crippen molar-refractivity contribution in [2.45, 2.75) is 187 Å². The first kappa shape index (κ1) is 71.8. The molecular formula is C67H102NO8P. The van der Waals surface area contributed by atoms with Gasteiger partial charge in [0.2, 0.25) is 0 Å². The summed E-state index contributed by atoms with van der Waals surface area (Å²) in [6, 6.07) is 0. The maximum atomic E-state index is 12.7. The van der Waals surface area contributed by atoms with E-state index in [1.54, 1.807) is 0 Å². The smallest absolute Gasteiger partial charge is 0.462 e. The van der Waals surface area contributed by atoms with Gasteiger partial charge in [0.1, 0.15) is 6.61 Å². The summed E-state index contributed by atoms with van der Waals surface area (Å²) in [5, 5.41) is 0. The summed E-state index contributed by atoms with van der Waals surface area (Å²) in [6.07, 6.45) is 92.0. The molecule has 0 heterocycles. The van der Waals surface area contributed by atoms with Crippen LogP contribution in [0.15, 0.2) is 194 Å². The summed E-state index contributed by atoms with van der Waals surface area (Å²) >= 11 is 0. The quantitative estimate of drug-likeness (QED) is 0.0264. The van der Waals surface area contributed by atoms with Crippen molar-refractivity contribution < 1.29 is 37.6 Å². The molecule has 0 saturated heterocycles. The second-order valence-electron chi connectivity index (χ2n) is 18.0. The second-order valence-corrected chi connectivity index (χ2v) is 19.5. The minimum Gasteiger partial charge on any atom is -0.462 e. The van der Waals surface area contributed by atoms with Crippen molar-refractivity contribution in [1.29, 1.82) is 0 Å². The highest BCUT2D eigenvalue weighted by molar-refractivity contribution is 7.47. The molecule has 2 atom stereocenters. The van der Waals surface area contributed by atoms with Crippen molar-refractivity contribution in [1.82, 2.24) is 0 Å². The lowest BCUT2D eigenvalue weighted by Crippen LogP contribution is -2.29. The van der Waals surface area contributed by atoms with Gasteiger partial charge in [-0.15, -0.1) is 0 Å². The van der Waals surface area contributed by atoms with E-state index in [-0.39, 0.29) is 32.6 Å². The predicted molar refractivity (Wildman–Crippen MR) is 329 cm³/mol. The van der Waals surface area contributed by atoms with Crippen molar-refractivity contribution in [3.05, 3.63) is 194 Å². The Labute approximate surface area is 468 Å². The molecule has 0 radical (unpaired) electrons. The molecule has 0 aromatic carbocycles. The third-order valence-electron chi connectivity index (χ3n) is 11.0. The van der Waals surface area contributed by atoms with Crippen molar-refractivity contribution in [2.75, 3.05) is 26.4 Å². The van der Waals surface area contributed by atoms with Gasteiger partial charge in [-0.25, -0.2) is 4.57 Å². The van der Waals surface area contributed by atoms with Gasteiger partial charge in [0.15, 0.2) is 6.10 Å². The first-order chi connectivity index (χ1) is 37.8. The number of ether oxygens (including phenoxy) is 2. The van der Waals surface area contributed by atoms with Crippen molar-refractivity contribution in [3.8, 4) is 0 Å². The molecule has 0 rings (SSSR count). The lowest BCUT2D eigenvalue weighted by Gasteiger charge is -2.19. The lowest BCUT2D eigenvalue weighted by atomic mass is 10.1. The molecule has 0 amide bonds. The van der Waals surface area contributed by atoms with Gasteiger partial charge in [0.05, 0.1) is 13.2 Å². The number of phosphoric ester groups is 1. The number of nitrogens with two attached hydrogens (primary N) is 1. The number of unbranched alkanes of at least 4 members (excludes halogenated alkanes) is 6. The fraction of sp³-hybridized carbons (Fsp3) is 0.493. The van der Waals surface area contributed by atoms with Crippen LogP contribution < -0.4 is 5.73 Å². The van der Waals surface area contributed by atoms with E-state index < -0.39 is 32.5 Å². The molecule has 0 saturated carbocycles. The standard InChI is InChI=1S/C67H102NO8P/c1-3-5-7-9-11-13-15-17-19-21-23-25-27-28-29-30-31-32-33-34-35-36-38-40-42-44-46-48-50-52-54-56-58-60-67(70)76-65(64-75-77(71,72)74-62-61-68)63-73-66(69)59-57-55-53-51-49-47-45-43-41-39-37-26-24-22-20-18-16-14-12-10-8-6-4-2/h5-8,11-14,17-20,23-26,28-29,31-32,34-35,38-41,44-47,51,53,65H,3-4,9-10,15-16,21-22,27,30,33,36-37,42-43,48-50,52,54-64,68H2,1-2H3,(H,71,72)/b7-5-,8-6-,13-11-,14-12-,19-17-,20-18-,25-23-,26-24-,29-28-,32-31-,35-34-,40-38-,41-39-,46-44-,47-45-,53-51-. The minimum absolute atomic E-state index is 0.0300. The Bertz CT molecular complexity index is 1950. The Morgan fingerprint density at radius 3 is 1.04 bits per heavy atom. The summed E-state index contributed by atoms with van der Waals surface area (Å²) in [5.74, 6) is -0.940. The average Bonchev–Trinajstić information content (AvgIpc) is 3.42. The summed E-state index contributed by atoms with van der Waals surface area (Å²) in [6.45, 7) is 3.38. The topological polar surface area (TPSA) is 134 Å². The highest BCUT2D eigenvalue weighted by atomic mass is 31.2. The van der Waals surface area contributed by atoms with Crippen LogP contribution >= 0.6 is 7.82 Å². The number of hydrogen-bond donors (Lipinski definition) is 2. The van der Waals surface area contributed by atoms with E-state index >= 15 is 0 Å². The maximum Gasteiger partial charge on any atom is 0.472 e. The SMILES string of the molecule is CC/C=C\C/C=C\C/C=C\C/C=C\C/C=C\C/C=C\C/C=C\C/C=C\C/C=C\CCCCCCCC(=O)OC(COC(=O)CCC/C=C\C/C=C\C/C=C\C/C=C\C/C=C\C/C=C\C/C=C\CC)COP(=O)(O)OCCN. The molecule has 0 aromatic rings. The van der Waals surface area contributed by atoms with Crippen LogP contribution in [0.4, 0.5) is 0 Å². The number of hydrogen-bond acceptors (Lipinski definition) is 8. The molecule has 0 aliphatic heterocycles. The Morgan fingerprint density at radius 2 is 0.688 bits per heavy atom. The van der Waals surface area contributed by atoms with Crippen LogP contribution in [0.3, 0.4) is 0 Å². The minimum atomic E-state index is -4.42. The summed E-state index contributed by atoms with van der Waals surface area (Å²) in [5.41, 5.74) is 5.37. The highest BCUT2D eigenvalue weighted by Gasteiger charge is 2.26. The third-order valence-corrected chi connectivity index (χ3v) is 12.0. The summed E-state index contributed by atoms with van der Waals surface area (Å²) in [4.78, 5) is 35.2. The van der Waals surface area contributed by atoms with E-state index in [0.29, 0.717) is 19.3 Å². The van der Waals surface area contributed by atoms with E-state index in [2.05, 4.69) is 202 Å². The van der Waals surface area contributed by atoms with E-state index in [4.69, 9.17) is 24.3 Å². The second kappa shape index (κ2) is 60.1. The zero-order chi connectivity index (χ0) is 55.9. The molecule has 0 fully saturated rings. The van der Waals surface area contributed by atoms with Gasteiger partial charge in [-0.05, 0) is 135 Å². The van der Waals surface area contributed by atoms with Crippen LogP contribution in [-0.4, -0.2) is 49.3 Å². The Hall–Kier alpha value is -5.15. The van der Waals surface area contributed by atoms with Gasteiger partial charge >= 0.3 is 19.8 Å². The fourth-order valence-electron chi connectivity index (χ4n) is 6.79. The predicted octanol–water partition coefficient (Wildman–Crippen LogP) is 18.6. The number of carbonyl (C=O) groups is 2. The first-order valence-corrected chi connectivity index (χ1v) is 30.4. The van der Waals surface area contributed by atoms with E-state index in [0.717, 1.165) is 135 Å².